The van der Waals surface area contributed by atoms with Crippen LogP contribution in [-0.2, 0) is 9.59 Å². The number of benzene rings is 1. The first-order chi connectivity index (χ1) is 9.56. The zero-order chi connectivity index (χ0) is 14.5. The van der Waals surface area contributed by atoms with Gasteiger partial charge in [0.05, 0.1) is 18.2 Å². The fraction of sp³-hybridized carbons (Fsp3) is 0.182. The molecule has 2 amide bonds. The maximum atomic E-state index is 11.7. The average Bonchev–Trinajstić information content (AvgIpc) is 2.92. The van der Waals surface area contributed by atoms with Gasteiger partial charge in [-0.15, -0.1) is 5.10 Å². The molecule has 0 bridgehead atoms. The Morgan fingerprint density at radius 2 is 2.00 bits per heavy atom. The van der Waals surface area contributed by atoms with Crippen LogP contribution >= 0.6 is 0 Å². The van der Waals surface area contributed by atoms with Crippen LogP contribution in [-0.4, -0.2) is 38.1 Å². The number of nitrogens with zero attached hydrogens (tertiary/aromatic N) is 4. The molecular formula is C11H13N7O2. The molecule has 9 nitrogen and oxygen atoms in total. The third-order valence-corrected chi connectivity index (χ3v) is 2.51. The van der Waals surface area contributed by atoms with Gasteiger partial charge in [-0.2, -0.15) is 0 Å². The lowest BCUT2D eigenvalue weighted by Gasteiger charge is -2.10. The Labute approximate surface area is 113 Å². The smallest absolute Gasteiger partial charge is 0.241 e. The van der Waals surface area contributed by atoms with E-state index in [-0.39, 0.29) is 6.42 Å². The lowest BCUT2D eigenvalue weighted by molar-refractivity contribution is -0.123. The van der Waals surface area contributed by atoms with E-state index < -0.39 is 17.9 Å². The third-order valence-electron chi connectivity index (χ3n) is 2.51. The maximum Gasteiger partial charge on any atom is 0.241 e. The normalized spacial score (nSPS) is 11.8. The Hall–Kier alpha value is -2.81. The molecule has 5 N–H and O–H groups in total. The molecule has 1 atom stereocenters. The molecule has 1 unspecified atom stereocenters. The van der Waals surface area contributed by atoms with Gasteiger partial charge in [0.1, 0.15) is 6.33 Å². The molecule has 0 aliphatic rings. The number of aromatic nitrogens is 4. The summed E-state index contributed by atoms with van der Waals surface area (Å²) < 4.78 is 1.48. The molecule has 1 aromatic carbocycles. The lowest BCUT2D eigenvalue weighted by atomic mass is 10.2. The van der Waals surface area contributed by atoms with Crippen LogP contribution in [0.25, 0.3) is 5.69 Å². The number of anilines is 1. The molecule has 0 fully saturated rings. The highest BCUT2D eigenvalue weighted by Gasteiger charge is 2.15. The van der Waals surface area contributed by atoms with Gasteiger partial charge in [-0.05, 0) is 34.7 Å². The average molecular weight is 275 g/mol. The second-order valence-corrected chi connectivity index (χ2v) is 4.07. The highest BCUT2D eigenvalue weighted by Crippen LogP contribution is 2.12. The van der Waals surface area contributed by atoms with Crippen LogP contribution in [0.1, 0.15) is 6.42 Å². The van der Waals surface area contributed by atoms with Crippen LogP contribution in [0.2, 0.25) is 0 Å². The molecule has 1 aromatic heterocycles. The standard InChI is InChI=1S/C11H13N7O2/c12-9(5-10(13)19)11(20)15-7-1-3-8(4-2-7)18-6-14-16-17-18/h1-4,6,9H,5,12H2,(H2,13,19)(H,15,20). The van der Waals surface area contributed by atoms with Gasteiger partial charge in [-0.3, -0.25) is 9.59 Å². The molecule has 1 heterocycles. The van der Waals surface area contributed by atoms with Gasteiger partial charge in [0.15, 0.2) is 0 Å². The first-order valence-corrected chi connectivity index (χ1v) is 5.74. The number of tetrazole rings is 1. The van der Waals surface area contributed by atoms with Crippen molar-refractivity contribution in [1.82, 2.24) is 20.2 Å². The molecule has 0 saturated heterocycles. The number of hydrogen-bond acceptors (Lipinski definition) is 6. The van der Waals surface area contributed by atoms with Crippen molar-refractivity contribution in [3.05, 3.63) is 30.6 Å². The van der Waals surface area contributed by atoms with E-state index in [0.717, 1.165) is 5.69 Å². The molecular weight excluding hydrogens is 262 g/mol. The topological polar surface area (TPSA) is 142 Å². The Morgan fingerprint density at radius 1 is 1.30 bits per heavy atom. The highest BCUT2D eigenvalue weighted by molar-refractivity contribution is 5.97. The minimum absolute atomic E-state index is 0.200. The molecule has 9 heteroatoms. The molecule has 0 radical (unpaired) electrons. The summed E-state index contributed by atoms with van der Waals surface area (Å²) >= 11 is 0. The Morgan fingerprint density at radius 3 is 2.55 bits per heavy atom. The van der Waals surface area contributed by atoms with Crippen LogP contribution < -0.4 is 16.8 Å². The van der Waals surface area contributed by atoms with Crippen LogP contribution in [0, 0.1) is 0 Å². The summed E-state index contributed by atoms with van der Waals surface area (Å²) in [5.41, 5.74) is 11.8. The van der Waals surface area contributed by atoms with Crippen LogP contribution in [0.3, 0.4) is 0 Å². The molecule has 0 saturated carbocycles. The number of hydrogen-bond donors (Lipinski definition) is 3. The van der Waals surface area contributed by atoms with Gasteiger partial charge in [0.2, 0.25) is 11.8 Å². The number of rotatable bonds is 5. The highest BCUT2D eigenvalue weighted by atomic mass is 16.2. The van der Waals surface area contributed by atoms with Crippen molar-refractivity contribution < 1.29 is 9.59 Å². The van der Waals surface area contributed by atoms with Crippen molar-refractivity contribution in [1.29, 1.82) is 0 Å². The molecule has 104 valence electrons. The number of nitrogens with one attached hydrogen (secondary N) is 1. The first kappa shape index (κ1) is 13.6. The summed E-state index contributed by atoms with van der Waals surface area (Å²) in [6.45, 7) is 0. The molecule has 0 aliphatic heterocycles. The fourth-order valence-electron chi connectivity index (χ4n) is 1.52. The molecule has 2 rings (SSSR count). The predicted octanol–water partition coefficient (Wildman–Crippen LogP) is -1.20. The zero-order valence-corrected chi connectivity index (χ0v) is 10.4. The van der Waals surface area contributed by atoms with E-state index >= 15 is 0 Å². The Bertz CT molecular complexity index is 594. The van der Waals surface area contributed by atoms with E-state index in [0.29, 0.717) is 5.69 Å². The van der Waals surface area contributed by atoms with E-state index in [1.807, 2.05) is 0 Å². The van der Waals surface area contributed by atoms with Crippen molar-refractivity contribution in [2.45, 2.75) is 12.5 Å². The fourth-order valence-corrected chi connectivity index (χ4v) is 1.52. The molecule has 2 aromatic rings. The maximum absolute atomic E-state index is 11.7. The largest absolute Gasteiger partial charge is 0.370 e. The summed E-state index contributed by atoms with van der Waals surface area (Å²) in [7, 11) is 0. The minimum atomic E-state index is -0.966. The van der Waals surface area contributed by atoms with Gasteiger partial charge in [0, 0.05) is 5.69 Å². The minimum Gasteiger partial charge on any atom is -0.370 e. The van der Waals surface area contributed by atoms with E-state index in [4.69, 9.17) is 11.5 Å². The predicted molar refractivity (Wildman–Crippen MR) is 69.6 cm³/mol. The quantitative estimate of drug-likeness (QED) is 0.626. The summed E-state index contributed by atoms with van der Waals surface area (Å²) in [4.78, 5) is 22.4. The number of carbonyl (C=O) groups is 2. The summed E-state index contributed by atoms with van der Waals surface area (Å²) in [6.07, 6.45) is 1.25. The monoisotopic (exact) mass is 275 g/mol. The molecule has 0 spiro atoms. The van der Waals surface area contributed by atoms with Gasteiger partial charge in [0.25, 0.3) is 0 Å². The number of primary amides is 1. The van der Waals surface area contributed by atoms with E-state index in [1.54, 1.807) is 24.3 Å². The van der Waals surface area contributed by atoms with E-state index in [1.165, 1.54) is 11.0 Å². The number of amides is 2. The van der Waals surface area contributed by atoms with Crippen molar-refractivity contribution in [2.24, 2.45) is 11.5 Å². The van der Waals surface area contributed by atoms with Gasteiger partial charge >= 0.3 is 0 Å². The molecule has 0 aliphatic carbocycles. The van der Waals surface area contributed by atoms with Crippen LogP contribution in [0.5, 0.6) is 0 Å². The lowest BCUT2D eigenvalue weighted by Crippen LogP contribution is -2.38. The van der Waals surface area contributed by atoms with Gasteiger partial charge in [-0.1, -0.05) is 0 Å². The summed E-state index contributed by atoms with van der Waals surface area (Å²) in [5.74, 6) is -1.10. The van der Waals surface area contributed by atoms with Gasteiger partial charge in [-0.25, -0.2) is 4.68 Å². The van der Waals surface area contributed by atoms with E-state index in [2.05, 4.69) is 20.8 Å². The molecule has 20 heavy (non-hydrogen) atoms. The first-order valence-electron chi connectivity index (χ1n) is 5.74. The second kappa shape index (κ2) is 5.89. The van der Waals surface area contributed by atoms with Crippen molar-refractivity contribution in [3.8, 4) is 5.69 Å². The SMILES string of the molecule is NC(=O)CC(N)C(=O)Nc1ccc(-n2cnnn2)cc1. The Kier molecular flexibility index (Phi) is 4.01. The van der Waals surface area contributed by atoms with Crippen LogP contribution in [0.15, 0.2) is 30.6 Å². The summed E-state index contributed by atoms with van der Waals surface area (Å²) in [6, 6.07) is 5.83. The van der Waals surface area contributed by atoms with Crippen molar-refractivity contribution in [2.75, 3.05) is 5.32 Å². The van der Waals surface area contributed by atoms with Gasteiger partial charge < -0.3 is 16.8 Å². The Balaban J connectivity index is 2.00. The van der Waals surface area contributed by atoms with Crippen molar-refractivity contribution in [3.63, 3.8) is 0 Å². The van der Waals surface area contributed by atoms with Crippen LogP contribution in [0.4, 0.5) is 5.69 Å². The second-order valence-electron chi connectivity index (χ2n) is 4.07. The van der Waals surface area contributed by atoms with E-state index in [9.17, 15) is 9.59 Å². The third kappa shape index (κ3) is 3.36. The zero-order valence-electron chi connectivity index (χ0n) is 10.4. The van der Waals surface area contributed by atoms with Crippen molar-refractivity contribution >= 4 is 17.5 Å². The summed E-state index contributed by atoms with van der Waals surface area (Å²) in [5, 5.41) is 13.4. The number of carbonyl (C=O) groups excluding carboxylic acids is 2. The number of nitrogens with two attached hydrogens (primary N) is 2.